The van der Waals surface area contributed by atoms with Crippen molar-refractivity contribution in [2.24, 2.45) is 0 Å². The standard InChI is InChI=1S/C14H15NOS/c15-14-8-4-7-13(9-14)11-17(16)10-12-5-2-1-3-6-12/h1-9H,10-11,15H2/t17-/m1/s1. The summed E-state index contributed by atoms with van der Waals surface area (Å²) >= 11 is 0. The first-order chi connectivity index (χ1) is 8.24. The molecule has 2 aromatic rings. The summed E-state index contributed by atoms with van der Waals surface area (Å²) in [4.78, 5) is 0. The molecule has 0 spiro atoms. The van der Waals surface area contributed by atoms with E-state index in [-0.39, 0.29) is 0 Å². The van der Waals surface area contributed by atoms with Gasteiger partial charge in [0.25, 0.3) is 0 Å². The fourth-order valence-corrected chi connectivity index (χ4v) is 2.90. The van der Waals surface area contributed by atoms with Gasteiger partial charge < -0.3 is 5.73 Å². The third-order valence-corrected chi connectivity index (χ3v) is 3.76. The van der Waals surface area contributed by atoms with Crippen molar-refractivity contribution in [1.29, 1.82) is 0 Å². The molecule has 0 saturated heterocycles. The van der Waals surface area contributed by atoms with E-state index in [9.17, 15) is 4.21 Å². The maximum atomic E-state index is 12.0. The molecule has 0 heterocycles. The van der Waals surface area contributed by atoms with Crippen LogP contribution in [0.1, 0.15) is 11.1 Å². The van der Waals surface area contributed by atoms with Gasteiger partial charge in [-0.1, -0.05) is 42.5 Å². The van der Waals surface area contributed by atoms with Gasteiger partial charge >= 0.3 is 0 Å². The summed E-state index contributed by atoms with van der Waals surface area (Å²) in [5.41, 5.74) is 8.54. The molecule has 0 aliphatic heterocycles. The zero-order chi connectivity index (χ0) is 12.1. The second kappa shape index (κ2) is 5.64. The average Bonchev–Trinajstić information content (AvgIpc) is 2.30. The van der Waals surface area contributed by atoms with E-state index in [0.29, 0.717) is 11.5 Å². The van der Waals surface area contributed by atoms with Crippen LogP contribution in [-0.4, -0.2) is 4.21 Å². The van der Waals surface area contributed by atoms with E-state index in [4.69, 9.17) is 5.73 Å². The molecule has 17 heavy (non-hydrogen) atoms. The summed E-state index contributed by atoms with van der Waals surface area (Å²) in [6.07, 6.45) is 0. The predicted octanol–water partition coefficient (Wildman–Crippen LogP) is 2.72. The lowest BCUT2D eigenvalue weighted by molar-refractivity contribution is 0.682. The summed E-state index contributed by atoms with van der Waals surface area (Å²) in [5, 5.41) is 0. The molecule has 88 valence electrons. The second-order valence-corrected chi connectivity index (χ2v) is 5.42. The van der Waals surface area contributed by atoms with Crippen molar-refractivity contribution in [1.82, 2.24) is 0 Å². The fourth-order valence-electron chi connectivity index (χ4n) is 1.68. The smallest absolute Gasteiger partial charge is 0.0489 e. The van der Waals surface area contributed by atoms with Gasteiger partial charge in [0.15, 0.2) is 0 Å². The molecule has 3 heteroatoms. The zero-order valence-corrected chi connectivity index (χ0v) is 10.3. The number of hydrogen-bond donors (Lipinski definition) is 1. The molecule has 0 radical (unpaired) electrons. The summed E-state index contributed by atoms with van der Waals surface area (Å²) in [6, 6.07) is 17.5. The Morgan fingerprint density at radius 1 is 0.882 bits per heavy atom. The first-order valence-corrected chi connectivity index (χ1v) is 6.96. The highest BCUT2D eigenvalue weighted by molar-refractivity contribution is 7.83. The van der Waals surface area contributed by atoms with E-state index in [1.807, 2.05) is 54.6 Å². The quantitative estimate of drug-likeness (QED) is 0.842. The molecule has 0 aromatic heterocycles. The Hall–Kier alpha value is -1.61. The Labute approximate surface area is 104 Å². The highest BCUT2D eigenvalue weighted by Crippen LogP contribution is 2.11. The van der Waals surface area contributed by atoms with E-state index >= 15 is 0 Å². The number of anilines is 1. The van der Waals surface area contributed by atoms with E-state index in [0.717, 1.165) is 16.8 Å². The molecule has 0 bridgehead atoms. The van der Waals surface area contributed by atoms with Gasteiger partial charge in [-0.3, -0.25) is 4.21 Å². The number of rotatable bonds is 4. The third-order valence-electron chi connectivity index (χ3n) is 2.45. The Morgan fingerprint density at radius 2 is 1.53 bits per heavy atom. The van der Waals surface area contributed by atoms with Gasteiger partial charge in [-0.15, -0.1) is 0 Å². The third kappa shape index (κ3) is 3.71. The van der Waals surface area contributed by atoms with Crippen LogP contribution in [0, 0.1) is 0 Å². The molecule has 0 fully saturated rings. The fraction of sp³-hybridized carbons (Fsp3) is 0.143. The van der Waals surface area contributed by atoms with Gasteiger partial charge in [0.2, 0.25) is 0 Å². The van der Waals surface area contributed by atoms with E-state index < -0.39 is 10.8 Å². The van der Waals surface area contributed by atoms with E-state index in [1.54, 1.807) is 0 Å². The van der Waals surface area contributed by atoms with E-state index in [2.05, 4.69) is 0 Å². The Morgan fingerprint density at radius 3 is 2.24 bits per heavy atom. The molecule has 2 aromatic carbocycles. The van der Waals surface area contributed by atoms with Crippen LogP contribution < -0.4 is 5.73 Å². The minimum Gasteiger partial charge on any atom is -0.399 e. The Bertz CT molecular complexity index is 511. The molecule has 0 amide bonds. The summed E-state index contributed by atoms with van der Waals surface area (Å²) in [6.45, 7) is 0. The minimum atomic E-state index is -0.886. The molecule has 0 aliphatic carbocycles. The Kier molecular flexibility index (Phi) is 3.94. The summed E-state index contributed by atoms with van der Waals surface area (Å²) in [5.74, 6) is 1.15. The van der Waals surface area contributed by atoms with Crippen LogP contribution >= 0.6 is 0 Å². The van der Waals surface area contributed by atoms with Gasteiger partial charge in [0, 0.05) is 28.0 Å². The van der Waals surface area contributed by atoms with Crippen LogP contribution in [0.15, 0.2) is 54.6 Å². The largest absolute Gasteiger partial charge is 0.399 e. The van der Waals surface area contributed by atoms with Crippen molar-refractivity contribution >= 4 is 16.5 Å². The molecular weight excluding hydrogens is 230 g/mol. The molecule has 2 rings (SSSR count). The molecule has 1 atom stereocenters. The van der Waals surface area contributed by atoms with Crippen LogP contribution in [0.3, 0.4) is 0 Å². The van der Waals surface area contributed by atoms with Crippen molar-refractivity contribution in [3.05, 3.63) is 65.7 Å². The number of benzene rings is 2. The molecule has 0 unspecified atom stereocenters. The predicted molar refractivity (Wildman–Crippen MR) is 72.8 cm³/mol. The molecule has 2 nitrogen and oxygen atoms in total. The van der Waals surface area contributed by atoms with Crippen LogP contribution in [0.2, 0.25) is 0 Å². The lowest BCUT2D eigenvalue weighted by atomic mass is 10.2. The monoisotopic (exact) mass is 245 g/mol. The van der Waals surface area contributed by atoms with Gasteiger partial charge in [-0.05, 0) is 23.3 Å². The van der Waals surface area contributed by atoms with Crippen LogP contribution in [0.5, 0.6) is 0 Å². The van der Waals surface area contributed by atoms with Crippen molar-refractivity contribution in [3.63, 3.8) is 0 Å². The molecule has 2 N–H and O–H groups in total. The minimum absolute atomic E-state index is 0.555. The summed E-state index contributed by atoms with van der Waals surface area (Å²) < 4.78 is 12.0. The summed E-state index contributed by atoms with van der Waals surface area (Å²) in [7, 11) is -0.886. The first kappa shape index (κ1) is 11.9. The first-order valence-electron chi connectivity index (χ1n) is 5.47. The zero-order valence-electron chi connectivity index (χ0n) is 9.50. The van der Waals surface area contributed by atoms with Gasteiger partial charge in [0.05, 0.1) is 0 Å². The second-order valence-electron chi connectivity index (χ2n) is 3.96. The highest BCUT2D eigenvalue weighted by atomic mass is 32.2. The SMILES string of the molecule is Nc1cccc(C[S@](=O)Cc2ccccc2)c1. The number of nitrogens with two attached hydrogens (primary N) is 1. The van der Waals surface area contributed by atoms with Crippen molar-refractivity contribution in [3.8, 4) is 0 Å². The van der Waals surface area contributed by atoms with Gasteiger partial charge in [-0.25, -0.2) is 0 Å². The van der Waals surface area contributed by atoms with Crippen molar-refractivity contribution in [2.45, 2.75) is 11.5 Å². The maximum Gasteiger partial charge on any atom is 0.0489 e. The highest BCUT2D eigenvalue weighted by Gasteiger charge is 2.03. The number of hydrogen-bond acceptors (Lipinski definition) is 2. The van der Waals surface area contributed by atoms with Crippen LogP contribution in [0.4, 0.5) is 5.69 Å². The van der Waals surface area contributed by atoms with Crippen LogP contribution in [-0.2, 0) is 22.3 Å². The maximum absolute atomic E-state index is 12.0. The van der Waals surface area contributed by atoms with Crippen molar-refractivity contribution in [2.75, 3.05) is 5.73 Å². The lowest BCUT2D eigenvalue weighted by Crippen LogP contribution is -2.00. The van der Waals surface area contributed by atoms with Gasteiger partial charge in [0.1, 0.15) is 0 Å². The molecule has 0 aliphatic rings. The topological polar surface area (TPSA) is 43.1 Å². The van der Waals surface area contributed by atoms with Crippen molar-refractivity contribution < 1.29 is 4.21 Å². The van der Waals surface area contributed by atoms with Crippen LogP contribution in [0.25, 0.3) is 0 Å². The lowest BCUT2D eigenvalue weighted by Gasteiger charge is -2.03. The average molecular weight is 245 g/mol. The number of nitrogen functional groups attached to an aromatic ring is 1. The van der Waals surface area contributed by atoms with Gasteiger partial charge in [-0.2, -0.15) is 0 Å². The molecule has 0 saturated carbocycles. The molecular formula is C14H15NOS. The van der Waals surface area contributed by atoms with E-state index in [1.165, 1.54) is 0 Å². The Balaban J connectivity index is 1.98. The normalized spacial score (nSPS) is 12.2.